The molecule has 46 heteroatoms. The van der Waals surface area contributed by atoms with E-state index in [1.807, 2.05) is 0 Å². The average molecular weight is 1220 g/mol. The molecular formula is C30H14F38O8. The number of carbonyl (C=O) groups is 4. The van der Waals surface area contributed by atoms with Gasteiger partial charge in [0.2, 0.25) is 0 Å². The molecule has 0 bridgehead atoms. The Kier molecular flexibility index (Phi) is 18.4. The highest BCUT2D eigenvalue weighted by molar-refractivity contribution is 5.87. The molecule has 0 spiro atoms. The SMILES string of the molecule is C=C(C)C(=O)OC(COC(=O)C(F)(F)C(F)(F)C(F)(F)C(F)(F)C(F)(F)C(F)(F)F)C(COC(=O)C(F)(F)C(F)(F)C(F)(F)C(F)(F)C(F)(F)C(C)(F)F)OC(=O)C(F)(F)C(F)(F)C(F)(F)C(F)(F)C(F)(F)C(F)(F)F. The largest absolute Gasteiger partial charge is 0.460 e. The van der Waals surface area contributed by atoms with Gasteiger partial charge < -0.3 is 18.9 Å². The molecule has 0 radical (unpaired) electrons. The lowest BCUT2D eigenvalue weighted by Crippen LogP contribution is -2.71. The second-order valence-corrected chi connectivity index (χ2v) is 14.4. The zero-order valence-corrected chi connectivity index (χ0v) is 34.4. The fourth-order valence-corrected chi connectivity index (χ4v) is 4.17. The van der Waals surface area contributed by atoms with Gasteiger partial charge >= 0.3 is 131 Å². The van der Waals surface area contributed by atoms with Crippen molar-refractivity contribution < 1.29 is 205 Å². The Labute approximate surface area is 388 Å². The Balaban J connectivity index is 8.23. The molecule has 0 aromatic heterocycles. The molecule has 8 nitrogen and oxygen atoms in total. The molecule has 0 saturated carbocycles. The van der Waals surface area contributed by atoms with E-state index in [0.717, 1.165) is 0 Å². The van der Waals surface area contributed by atoms with Crippen LogP contribution in [0.25, 0.3) is 0 Å². The highest BCUT2D eigenvalue weighted by Crippen LogP contribution is 2.63. The number of halogens is 38. The van der Waals surface area contributed by atoms with Crippen LogP contribution in [0.4, 0.5) is 167 Å². The first kappa shape index (κ1) is 71.0. The minimum atomic E-state index is -9.18. The van der Waals surface area contributed by atoms with Crippen molar-refractivity contribution in [2.45, 2.75) is 133 Å². The number of hydrogen-bond acceptors (Lipinski definition) is 8. The molecule has 0 fully saturated rings. The maximum atomic E-state index is 14.6. The van der Waals surface area contributed by atoms with Crippen molar-refractivity contribution in [1.82, 2.24) is 0 Å². The second-order valence-electron chi connectivity index (χ2n) is 14.4. The highest BCUT2D eigenvalue weighted by atomic mass is 19.4. The third-order valence-corrected chi connectivity index (χ3v) is 8.80. The van der Waals surface area contributed by atoms with E-state index in [-0.39, 0.29) is 6.92 Å². The van der Waals surface area contributed by atoms with Crippen molar-refractivity contribution in [1.29, 1.82) is 0 Å². The van der Waals surface area contributed by atoms with Crippen molar-refractivity contribution in [3.05, 3.63) is 12.2 Å². The van der Waals surface area contributed by atoms with Crippen molar-refractivity contribution in [3.8, 4) is 0 Å². The maximum absolute atomic E-state index is 14.6. The lowest BCUT2D eigenvalue weighted by molar-refractivity contribution is -0.437. The van der Waals surface area contributed by atoms with Crippen LogP contribution in [0.3, 0.4) is 0 Å². The van der Waals surface area contributed by atoms with Crippen molar-refractivity contribution in [2.75, 3.05) is 13.2 Å². The summed E-state index contributed by atoms with van der Waals surface area (Å²) in [6.07, 6.45) is -26.1. The van der Waals surface area contributed by atoms with E-state index in [9.17, 15) is 186 Å². The summed E-state index contributed by atoms with van der Waals surface area (Å²) < 4.78 is 532. The Morgan fingerprint density at radius 3 is 0.763 bits per heavy atom. The molecule has 0 heterocycles. The summed E-state index contributed by atoms with van der Waals surface area (Å²) in [4.78, 5) is 48.0. The van der Waals surface area contributed by atoms with Gasteiger partial charge in [0, 0.05) is 12.5 Å². The van der Waals surface area contributed by atoms with Gasteiger partial charge in [-0.2, -0.15) is 167 Å². The van der Waals surface area contributed by atoms with Gasteiger partial charge in [0.1, 0.15) is 13.2 Å². The van der Waals surface area contributed by atoms with Gasteiger partial charge in [-0.05, 0) is 6.92 Å². The number of hydrogen-bond donors (Lipinski definition) is 0. The first-order valence-electron chi connectivity index (χ1n) is 17.1. The summed E-state index contributed by atoms with van der Waals surface area (Å²) in [6.45, 7) is -6.62. The van der Waals surface area contributed by atoms with E-state index in [1.165, 1.54) is 0 Å². The summed E-state index contributed by atoms with van der Waals surface area (Å²) in [7, 11) is 0. The lowest BCUT2D eigenvalue weighted by atomic mass is 9.92. The molecule has 0 rings (SSSR count). The molecule has 2 unspecified atom stereocenters. The van der Waals surface area contributed by atoms with Crippen LogP contribution in [0.2, 0.25) is 0 Å². The molecule has 0 aliphatic heterocycles. The van der Waals surface area contributed by atoms with Crippen LogP contribution in [-0.4, -0.2) is 156 Å². The van der Waals surface area contributed by atoms with Crippen molar-refractivity contribution in [3.63, 3.8) is 0 Å². The van der Waals surface area contributed by atoms with Crippen LogP contribution in [-0.2, 0) is 38.1 Å². The van der Waals surface area contributed by atoms with Gasteiger partial charge in [-0.25, -0.2) is 19.2 Å². The first-order valence-corrected chi connectivity index (χ1v) is 17.1. The van der Waals surface area contributed by atoms with Crippen molar-refractivity contribution >= 4 is 23.9 Å². The molecule has 0 N–H and O–H groups in total. The minimum Gasteiger partial charge on any atom is -0.457 e. The molecule has 0 amide bonds. The topological polar surface area (TPSA) is 105 Å². The van der Waals surface area contributed by atoms with E-state index in [4.69, 9.17) is 0 Å². The van der Waals surface area contributed by atoms with Gasteiger partial charge in [-0.15, -0.1) is 0 Å². The normalized spacial score (nSPS) is 16.4. The summed E-state index contributed by atoms with van der Waals surface area (Å²) in [5, 5.41) is 0. The fourth-order valence-electron chi connectivity index (χ4n) is 4.17. The van der Waals surface area contributed by atoms with Crippen molar-refractivity contribution in [2.24, 2.45) is 0 Å². The molecule has 2 atom stereocenters. The summed E-state index contributed by atoms with van der Waals surface area (Å²) in [5.74, 6) is -156. The average Bonchev–Trinajstić information content (AvgIpc) is 3.20. The Bertz CT molecular complexity index is 2160. The van der Waals surface area contributed by atoms with E-state index < -0.39 is 169 Å². The van der Waals surface area contributed by atoms with Gasteiger partial charge in [-0.1, -0.05) is 6.58 Å². The number of esters is 4. The third-order valence-electron chi connectivity index (χ3n) is 8.80. The molecular weight excluding hydrogens is 1210 g/mol. The summed E-state index contributed by atoms with van der Waals surface area (Å²) >= 11 is 0. The van der Waals surface area contributed by atoms with Crippen LogP contribution >= 0.6 is 0 Å². The van der Waals surface area contributed by atoms with Gasteiger partial charge in [0.15, 0.2) is 12.2 Å². The van der Waals surface area contributed by atoms with E-state index in [2.05, 4.69) is 25.5 Å². The van der Waals surface area contributed by atoms with E-state index >= 15 is 0 Å². The molecule has 0 aliphatic rings. The molecule has 448 valence electrons. The monoisotopic (exact) mass is 1220 g/mol. The van der Waals surface area contributed by atoms with Crippen LogP contribution in [0.5, 0.6) is 0 Å². The molecule has 0 saturated heterocycles. The number of carbonyl (C=O) groups excluding carboxylic acids is 4. The van der Waals surface area contributed by atoms with Gasteiger partial charge in [-0.3, -0.25) is 0 Å². The molecule has 0 aliphatic carbocycles. The third kappa shape index (κ3) is 10.5. The summed E-state index contributed by atoms with van der Waals surface area (Å²) in [6, 6.07) is 0. The first-order chi connectivity index (χ1) is 32.5. The zero-order valence-electron chi connectivity index (χ0n) is 34.4. The standard InChI is InChI=1S/C30H14F38O8/c1-6(2)9(69)75-7(4-73-10(70)15(35,36)19(43,44)23(51,52)25(55,56)27(59,60)29(63,64)65)8(76-12(72)16(37,38)20(45,46)24(53,54)26(57,58)28(61,62)30(66,67)68)5-74-11(71)14(33,34)18(41,42)22(49,50)21(47,48)17(39,40)13(3,31)32/h7-8H,1,4-5H2,2-3H3. The Hall–Kier alpha value is -5.04. The van der Waals surface area contributed by atoms with Gasteiger partial charge in [0.25, 0.3) is 0 Å². The second kappa shape index (κ2) is 19.7. The Morgan fingerprint density at radius 1 is 0.329 bits per heavy atom. The smallest absolute Gasteiger partial charge is 0.457 e. The van der Waals surface area contributed by atoms with Crippen LogP contribution in [0.15, 0.2) is 12.2 Å². The number of ether oxygens (including phenoxy) is 4. The van der Waals surface area contributed by atoms with Crippen LogP contribution < -0.4 is 0 Å². The lowest BCUT2D eigenvalue weighted by Gasteiger charge is -2.40. The molecule has 0 aromatic rings. The van der Waals surface area contributed by atoms with Crippen LogP contribution in [0, 0.1) is 0 Å². The maximum Gasteiger partial charge on any atom is 0.460 e. The summed E-state index contributed by atoms with van der Waals surface area (Å²) in [5.41, 5.74) is -1.61. The number of alkyl halides is 38. The molecule has 76 heavy (non-hydrogen) atoms. The van der Waals surface area contributed by atoms with Crippen LogP contribution in [0.1, 0.15) is 13.8 Å². The predicted octanol–water partition coefficient (Wildman–Crippen LogP) is 11.8. The quantitative estimate of drug-likeness (QED) is 0.0407. The van der Waals surface area contributed by atoms with E-state index in [0.29, 0.717) is 0 Å². The number of rotatable bonds is 24. The zero-order chi connectivity index (χ0) is 62.3. The van der Waals surface area contributed by atoms with E-state index in [1.54, 1.807) is 0 Å². The predicted molar refractivity (Wildman–Crippen MR) is 153 cm³/mol. The molecule has 0 aromatic carbocycles. The minimum absolute atomic E-state index is 0.0876. The Morgan fingerprint density at radius 2 is 0.539 bits per heavy atom. The fraction of sp³-hybridized carbons (Fsp3) is 0.800. The highest BCUT2D eigenvalue weighted by Gasteiger charge is 2.94. The van der Waals surface area contributed by atoms with Gasteiger partial charge in [0.05, 0.1) is 0 Å².